The number of nitrogens with zero attached hydrogens (tertiary/aromatic N) is 1. The van der Waals surface area contributed by atoms with E-state index in [-0.39, 0.29) is 5.92 Å². The van der Waals surface area contributed by atoms with Crippen LogP contribution in [0.3, 0.4) is 0 Å². The van der Waals surface area contributed by atoms with E-state index >= 15 is 0 Å². The minimum atomic E-state index is -0.632. The normalized spacial score (nSPS) is 22.2. The lowest BCUT2D eigenvalue weighted by Crippen LogP contribution is -2.24. The zero-order valence-corrected chi connectivity index (χ0v) is 11.1. The zero-order valence-electron chi connectivity index (χ0n) is 11.1. The molecule has 1 aliphatic rings. The second-order valence-corrected chi connectivity index (χ2v) is 5.38. The number of rotatable bonds is 6. The summed E-state index contributed by atoms with van der Waals surface area (Å²) in [4.78, 5) is 13.0. The average molecular weight is 247 g/mol. The van der Waals surface area contributed by atoms with Gasteiger partial charge < -0.3 is 10.0 Å². The van der Waals surface area contributed by atoms with E-state index in [9.17, 15) is 4.79 Å². The molecule has 0 spiro atoms. The third-order valence-electron chi connectivity index (χ3n) is 3.81. The van der Waals surface area contributed by atoms with Crippen LogP contribution in [0.2, 0.25) is 0 Å². The van der Waals surface area contributed by atoms with E-state index in [1.165, 1.54) is 11.1 Å². The van der Waals surface area contributed by atoms with Crippen LogP contribution < -0.4 is 0 Å². The third kappa shape index (κ3) is 3.33. The predicted molar refractivity (Wildman–Crippen MR) is 71.6 cm³/mol. The highest BCUT2D eigenvalue weighted by atomic mass is 16.4. The molecule has 1 aromatic rings. The Labute approximate surface area is 108 Å². The van der Waals surface area contributed by atoms with E-state index in [1.54, 1.807) is 0 Å². The Morgan fingerprint density at radius 1 is 1.44 bits per heavy atom. The molecule has 1 saturated carbocycles. The number of carboxylic acid groups (broad SMARTS) is 1. The standard InChI is InChI=1S/C15H21NO2/c1-11-5-3-4-6-12(11)7-8-16(2)10-13-9-14(13)15(17)18/h3-6,13-14H,7-10H2,1-2H3,(H,17,18). The highest BCUT2D eigenvalue weighted by Crippen LogP contribution is 2.38. The van der Waals surface area contributed by atoms with Gasteiger partial charge in [0, 0.05) is 13.1 Å². The monoisotopic (exact) mass is 247 g/mol. The fourth-order valence-electron chi connectivity index (χ4n) is 2.45. The Hall–Kier alpha value is -1.35. The maximum absolute atomic E-state index is 10.8. The lowest BCUT2D eigenvalue weighted by atomic mass is 10.1. The van der Waals surface area contributed by atoms with E-state index in [2.05, 4.69) is 43.1 Å². The van der Waals surface area contributed by atoms with Crippen molar-refractivity contribution in [3.8, 4) is 0 Å². The molecule has 0 aliphatic heterocycles. The molecule has 1 aromatic carbocycles. The van der Waals surface area contributed by atoms with Gasteiger partial charge in [0.1, 0.15) is 0 Å². The molecule has 1 N–H and O–H groups in total. The van der Waals surface area contributed by atoms with E-state index in [0.717, 1.165) is 25.9 Å². The molecule has 2 atom stereocenters. The fraction of sp³-hybridized carbons (Fsp3) is 0.533. The molecule has 1 aliphatic carbocycles. The molecule has 2 unspecified atom stereocenters. The van der Waals surface area contributed by atoms with Gasteiger partial charge in [0.25, 0.3) is 0 Å². The van der Waals surface area contributed by atoms with Crippen molar-refractivity contribution in [1.82, 2.24) is 4.90 Å². The summed E-state index contributed by atoms with van der Waals surface area (Å²) in [7, 11) is 2.08. The second-order valence-electron chi connectivity index (χ2n) is 5.38. The van der Waals surface area contributed by atoms with Crippen LogP contribution in [-0.4, -0.2) is 36.1 Å². The summed E-state index contributed by atoms with van der Waals surface area (Å²) in [5.74, 6) is -0.359. The lowest BCUT2D eigenvalue weighted by Gasteiger charge is -2.17. The van der Waals surface area contributed by atoms with Gasteiger partial charge in [-0.25, -0.2) is 0 Å². The van der Waals surface area contributed by atoms with Crippen molar-refractivity contribution < 1.29 is 9.90 Å². The van der Waals surface area contributed by atoms with Crippen molar-refractivity contribution in [2.75, 3.05) is 20.1 Å². The summed E-state index contributed by atoms with van der Waals surface area (Å²) in [5, 5.41) is 8.86. The SMILES string of the molecule is Cc1ccccc1CCN(C)CC1CC1C(=O)O. The summed E-state index contributed by atoms with van der Waals surface area (Å²) in [5.41, 5.74) is 2.72. The molecule has 0 amide bonds. The van der Waals surface area contributed by atoms with Crippen LogP contribution in [0.1, 0.15) is 17.5 Å². The first-order valence-electron chi connectivity index (χ1n) is 6.54. The molecule has 0 saturated heterocycles. The van der Waals surface area contributed by atoms with Gasteiger partial charge in [-0.15, -0.1) is 0 Å². The quantitative estimate of drug-likeness (QED) is 0.837. The Morgan fingerprint density at radius 2 is 2.17 bits per heavy atom. The summed E-state index contributed by atoms with van der Waals surface area (Å²) >= 11 is 0. The van der Waals surface area contributed by atoms with Crippen molar-refractivity contribution >= 4 is 5.97 Å². The van der Waals surface area contributed by atoms with Gasteiger partial charge in [-0.2, -0.15) is 0 Å². The Balaban J connectivity index is 1.74. The van der Waals surface area contributed by atoms with Crippen LogP contribution in [0, 0.1) is 18.8 Å². The molecule has 3 nitrogen and oxygen atoms in total. The Kier molecular flexibility index (Phi) is 4.02. The van der Waals surface area contributed by atoms with E-state index in [1.807, 2.05) is 0 Å². The highest BCUT2D eigenvalue weighted by Gasteiger charge is 2.43. The van der Waals surface area contributed by atoms with Crippen LogP contribution in [0.5, 0.6) is 0 Å². The van der Waals surface area contributed by atoms with Crippen molar-refractivity contribution in [2.45, 2.75) is 19.8 Å². The van der Waals surface area contributed by atoms with Gasteiger partial charge in [0.05, 0.1) is 5.92 Å². The molecule has 2 rings (SSSR count). The molecule has 0 aromatic heterocycles. The van der Waals surface area contributed by atoms with Gasteiger partial charge >= 0.3 is 5.97 Å². The molecule has 1 fully saturated rings. The first-order chi connectivity index (χ1) is 8.58. The number of likely N-dealkylation sites (N-methyl/N-ethyl adjacent to an activating group) is 1. The number of hydrogen-bond donors (Lipinski definition) is 1. The fourth-order valence-corrected chi connectivity index (χ4v) is 2.45. The zero-order chi connectivity index (χ0) is 13.1. The second kappa shape index (κ2) is 5.53. The van der Waals surface area contributed by atoms with Gasteiger partial charge in [-0.05, 0) is 43.9 Å². The van der Waals surface area contributed by atoms with Gasteiger partial charge in [-0.3, -0.25) is 4.79 Å². The summed E-state index contributed by atoms with van der Waals surface area (Å²) in [6, 6.07) is 8.44. The van der Waals surface area contributed by atoms with E-state index in [0.29, 0.717) is 5.92 Å². The van der Waals surface area contributed by atoms with Crippen LogP contribution >= 0.6 is 0 Å². The largest absolute Gasteiger partial charge is 0.481 e. The molecular weight excluding hydrogens is 226 g/mol. The molecule has 0 radical (unpaired) electrons. The minimum absolute atomic E-state index is 0.0917. The molecular formula is C15H21NO2. The first kappa shape index (κ1) is 13.1. The molecule has 98 valence electrons. The van der Waals surface area contributed by atoms with Gasteiger partial charge in [0.2, 0.25) is 0 Å². The molecule has 18 heavy (non-hydrogen) atoms. The topological polar surface area (TPSA) is 40.5 Å². The summed E-state index contributed by atoms with van der Waals surface area (Å²) in [6.45, 7) is 4.03. The lowest BCUT2D eigenvalue weighted by molar-refractivity contribution is -0.138. The number of carboxylic acids is 1. The van der Waals surface area contributed by atoms with Crippen molar-refractivity contribution in [1.29, 1.82) is 0 Å². The van der Waals surface area contributed by atoms with Crippen LogP contribution in [0.25, 0.3) is 0 Å². The average Bonchev–Trinajstić information content (AvgIpc) is 3.07. The smallest absolute Gasteiger partial charge is 0.306 e. The maximum Gasteiger partial charge on any atom is 0.306 e. The first-order valence-corrected chi connectivity index (χ1v) is 6.54. The molecule has 0 bridgehead atoms. The van der Waals surface area contributed by atoms with Crippen LogP contribution in [-0.2, 0) is 11.2 Å². The predicted octanol–water partition coefficient (Wildman–Crippen LogP) is 2.19. The van der Waals surface area contributed by atoms with Gasteiger partial charge in [-0.1, -0.05) is 24.3 Å². The Bertz CT molecular complexity index is 430. The minimum Gasteiger partial charge on any atom is -0.481 e. The summed E-state index contributed by atoms with van der Waals surface area (Å²) < 4.78 is 0. The number of aliphatic carboxylic acids is 1. The number of carbonyl (C=O) groups is 1. The highest BCUT2D eigenvalue weighted by molar-refractivity contribution is 5.73. The van der Waals surface area contributed by atoms with Crippen LogP contribution in [0.15, 0.2) is 24.3 Å². The summed E-state index contributed by atoms with van der Waals surface area (Å²) in [6.07, 6.45) is 1.89. The number of benzene rings is 1. The number of hydrogen-bond acceptors (Lipinski definition) is 2. The van der Waals surface area contributed by atoms with Crippen molar-refractivity contribution in [3.63, 3.8) is 0 Å². The van der Waals surface area contributed by atoms with E-state index in [4.69, 9.17) is 5.11 Å². The maximum atomic E-state index is 10.8. The van der Waals surface area contributed by atoms with E-state index < -0.39 is 5.97 Å². The number of aryl methyl sites for hydroxylation is 1. The van der Waals surface area contributed by atoms with Gasteiger partial charge in [0.15, 0.2) is 0 Å². The third-order valence-corrected chi connectivity index (χ3v) is 3.81. The Morgan fingerprint density at radius 3 is 2.78 bits per heavy atom. The van der Waals surface area contributed by atoms with Crippen molar-refractivity contribution in [3.05, 3.63) is 35.4 Å². The van der Waals surface area contributed by atoms with Crippen molar-refractivity contribution in [2.24, 2.45) is 11.8 Å². The molecule has 0 heterocycles. The molecule has 3 heteroatoms. The van der Waals surface area contributed by atoms with Crippen LogP contribution in [0.4, 0.5) is 0 Å².